The van der Waals surface area contributed by atoms with Gasteiger partial charge in [0.05, 0.1) is 7.11 Å². The average Bonchev–Trinajstić information content (AvgIpc) is 2.65. The highest BCUT2D eigenvalue weighted by Gasteiger charge is 2.08. The topological polar surface area (TPSA) is 35.3 Å². The Bertz CT molecular complexity index is 484. The van der Waals surface area contributed by atoms with Crippen LogP contribution in [0, 0.1) is 5.82 Å². The maximum Gasteiger partial charge on any atom is 0.264 e. The minimum absolute atomic E-state index is 0.210. The Hall–Kier alpha value is -1.36. The minimum Gasteiger partial charge on any atom is -0.494 e. The van der Waals surface area contributed by atoms with E-state index in [1.165, 1.54) is 19.4 Å². The molecule has 5 heteroatoms. The molecule has 0 radical (unpaired) electrons. The molecule has 0 aliphatic heterocycles. The molecule has 15 heavy (non-hydrogen) atoms. The smallest absolute Gasteiger partial charge is 0.264 e. The molecule has 0 saturated heterocycles. The molecular weight excluding hydrogens is 265 g/mol. The van der Waals surface area contributed by atoms with Gasteiger partial charge < -0.3 is 9.15 Å². The Morgan fingerprint density at radius 2 is 2.27 bits per heavy atom. The van der Waals surface area contributed by atoms with Crippen LogP contribution in [0.3, 0.4) is 0 Å². The molecule has 0 aliphatic rings. The van der Waals surface area contributed by atoms with Crippen molar-refractivity contribution in [3.8, 4) is 17.0 Å². The first-order chi connectivity index (χ1) is 7.20. The van der Waals surface area contributed by atoms with Crippen LogP contribution < -0.4 is 4.74 Å². The molecule has 2 aromatic rings. The molecule has 2 rings (SSSR count). The zero-order chi connectivity index (χ0) is 10.8. The first-order valence-corrected chi connectivity index (χ1v) is 4.95. The molecule has 0 bridgehead atoms. The fourth-order valence-electron chi connectivity index (χ4n) is 1.21. The lowest BCUT2D eigenvalue weighted by Crippen LogP contribution is -1.88. The van der Waals surface area contributed by atoms with Gasteiger partial charge in [-0.05, 0) is 18.2 Å². The molecule has 0 atom stereocenters. The monoisotopic (exact) mass is 271 g/mol. The fourth-order valence-corrected chi connectivity index (χ4v) is 1.49. The average molecular weight is 272 g/mol. The van der Waals surface area contributed by atoms with Gasteiger partial charge in [0.2, 0.25) is 0 Å². The summed E-state index contributed by atoms with van der Waals surface area (Å²) in [6, 6.07) is 4.61. The van der Waals surface area contributed by atoms with Crippen LogP contribution in [0.15, 0.2) is 33.7 Å². The lowest BCUT2D eigenvalue weighted by Gasteiger charge is -2.02. The second kappa shape index (κ2) is 4.02. The standard InChI is InChI=1S/C10H7BrFNO2/c1-14-9-3-2-6(4-7(9)12)8-5-15-10(11)13-8/h2-5H,1H3. The number of benzene rings is 1. The van der Waals surface area contributed by atoms with Gasteiger partial charge in [0.1, 0.15) is 12.0 Å². The van der Waals surface area contributed by atoms with Gasteiger partial charge in [-0.2, -0.15) is 0 Å². The van der Waals surface area contributed by atoms with E-state index in [9.17, 15) is 4.39 Å². The van der Waals surface area contributed by atoms with Crippen molar-refractivity contribution in [1.82, 2.24) is 4.98 Å². The number of hydrogen-bond donors (Lipinski definition) is 0. The molecule has 0 spiro atoms. The van der Waals surface area contributed by atoms with Crippen molar-refractivity contribution in [2.75, 3.05) is 7.11 Å². The summed E-state index contributed by atoms with van der Waals surface area (Å²) in [6.07, 6.45) is 1.45. The third-order valence-corrected chi connectivity index (χ3v) is 2.29. The summed E-state index contributed by atoms with van der Waals surface area (Å²) in [5, 5.41) is 0. The van der Waals surface area contributed by atoms with Crippen LogP contribution in [-0.2, 0) is 0 Å². The molecule has 1 aromatic carbocycles. The van der Waals surface area contributed by atoms with E-state index >= 15 is 0 Å². The van der Waals surface area contributed by atoms with E-state index in [0.717, 1.165) is 0 Å². The Morgan fingerprint density at radius 3 is 2.80 bits per heavy atom. The molecule has 0 aliphatic carbocycles. The predicted octanol–water partition coefficient (Wildman–Crippen LogP) is 3.25. The van der Waals surface area contributed by atoms with Gasteiger partial charge in [0.15, 0.2) is 11.6 Å². The number of hydrogen-bond acceptors (Lipinski definition) is 3. The summed E-state index contributed by atoms with van der Waals surface area (Å²) in [5.41, 5.74) is 1.21. The van der Waals surface area contributed by atoms with Crippen molar-refractivity contribution in [2.45, 2.75) is 0 Å². The Balaban J connectivity index is 2.42. The molecule has 0 fully saturated rings. The van der Waals surface area contributed by atoms with Gasteiger partial charge in [0, 0.05) is 21.5 Å². The third kappa shape index (κ3) is 2.02. The van der Waals surface area contributed by atoms with Gasteiger partial charge in [-0.3, -0.25) is 0 Å². The summed E-state index contributed by atoms with van der Waals surface area (Å²) < 4.78 is 23.1. The number of halogens is 2. The van der Waals surface area contributed by atoms with E-state index in [1.807, 2.05) is 0 Å². The summed E-state index contributed by atoms with van der Waals surface area (Å²) in [6.45, 7) is 0. The fraction of sp³-hybridized carbons (Fsp3) is 0.100. The van der Waals surface area contributed by atoms with Crippen molar-refractivity contribution < 1.29 is 13.5 Å². The van der Waals surface area contributed by atoms with Crippen LogP contribution in [0.2, 0.25) is 0 Å². The van der Waals surface area contributed by atoms with Crippen molar-refractivity contribution in [1.29, 1.82) is 0 Å². The van der Waals surface area contributed by atoms with Gasteiger partial charge in [-0.15, -0.1) is 0 Å². The van der Waals surface area contributed by atoms with E-state index in [4.69, 9.17) is 9.15 Å². The molecule has 1 heterocycles. The minimum atomic E-state index is -0.422. The second-order valence-electron chi connectivity index (χ2n) is 2.84. The van der Waals surface area contributed by atoms with Gasteiger partial charge >= 0.3 is 0 Å². The summed E-state index contributed by atoms with van der Waals surface area (Å²) in [7, 11) is 1.42. The Labute approximate surface area is 94.0 Å². The third-order valence-electron chi connectivity index (χ3n) is 1.92. The van der Waals surface area contributed by atoms with E-state index < -0.39 is 5.82 Å². The largest absolute Gasteiger partial charge is 0.494 e. The molecule has 0 amide bonds. The molecule has 3 nitrogen and oxygen atoms in total. The Morgan fingerprint density at radius 1 is 1.47 bits per heavy atom. The van der Waals surface area contributed by atoms with E-state index in [-0.39, 0.29) is 5.75 Å². The maximum absolute atomic E-state index is 13.3. The highest BCUT2D eigenvalue weighted by molar-refractivity contribution is 9.10. The number of nitrogens with zero attached hydrogens (tertiary/aromatic N) is 1. The number of methoxy groups -OCH3 is 1. The van der Waals surface area contributed by atoms with Crippen LogP contribution in [0.5, 0.6) is 5.75 Å². The first-order valence-electron chi connectivity index (χ1n) is 4.15. The second-order valence-corrected chi connectivity index (χ2v) is 3.51. The zero-order valence-corrected chi connectivity index (χ0v) is 9.42. The van der Waals surface area contributed by atoms with Crippen molar-refractivity contribution in [3.05, 3.63) is 35.1 Å². The molecule has 1 aromatic heterocycles. The number of rotatable bonds is 2. The number of aromatic nitrogens is 1. The van der Waals surface area contributed by atoms with Crippen LogP contribution >= 0.6 is 15.9 Å². The summed E-state index contributed by atoms with van der Waals surface area (Å²) in [4.78, 5) is 4.39. The lowest BCUT2D eigenvalue weighted by molar-refractivity contribution is 0.386. The maximum atomic E-state index is 13.3. The quantitative estimate of drug-likeness (QED) is 0.841. The number of oxazole rings is 1. The van der Waals surface area contributed by atoms with Gasteiger partial charge in [-0.1, -0.05) is 0 Å². The van der Waals surface area contributed by atoms with Gasteiger partial charge in [-0.25, -0.2) is 9.37 Å². The molecule has 0 N–H and O–H groups in total. The van der Waals surface area contributed by atoms with Crippen LogP contribution in [0.1, 0.15) is 0 Å². The highest BCUT2D eigenvalue weighted by Crippen LogP contribution is 2.25. The zero-order valence-electron chi connectivity index (χ0n) is 7.83. The Kier molecular flexibility index (Phi) is 2.73. The van der Waals surface area contributed by atoms with Crippen molar-refractivity contribution in [3.63, 3.8) is 0 Å². The summed E-state index contributed by atoms with van der Waals surface area (Å²) >= 11 is 3.08. The van der Waals surface area contributed by atoms with E-state index in [2.05, 4.69) is 20.9 Å². The SMILES string of the molecule is COc1ccc(-c2coc(Br)n2)cc1F. The molecular formula is C10H7BrFNO2. The molecule has 78 valence electrons. The summed E-state index contributed by atoms with van der Waals surface area (Å²) in [5.74, 6) is -0.213. The molecule has 0 saturated carbocycles. The van der Waals surface area contributed by atoms with Crippen molar-refractivity contribution in [2.24, 2.45) is 0 Å². The molecule has 0 unspecified atom stereocenters. The normalized spacial score (nSPS) is 10.3. The number of ether oxygens (including phenoxy) is 1. The van der Waals surface area contributed by atoms with Crippen LogP contribution in [0.4, 0.5) is 4.39 Å². The van der Waals surface area contributed by atoms with Crippen molar-refractivity contribution >= 4 is 15.9 Å². The highest BCUT2D eigenvalue weighted by atomic mass is 79.9. The lowest BCUT2D eigenvalue weighted by atomic mass is 10.1. The van der Waals surface area contributed by atoms with Crippen LogP contribution in [-0.4, -0.2) is 12.1 Å². The van der Waals surface area contributed by atoms with Crippen LogP contribution in [0.25, 0.3) is 11.3 Å². The van der Waals surface area contributed by atoms with E-state index in [1.54, 1.807) is 12.1 Å². The van der Waals surface area contributed by atoms with E-state index in [0.29, 0.717) is 16.1 Å². The van der Waals surface area contributed by atoms with Gasteiger partial charge in [0.25, 0.3) is 4.80 Å². The first kappa shape index (κ1) is 10.2. The predicted molar refractivity (Wildman–Crippen MR) is 56.1 cm³/mol.